The molecule has 1 aromatic rings. The molecule has 1 saturated carbocycles. The fraction of sp³-hybridized carbons (Fsp3) is 0.444. The summed E-state index contributed by atoms with van der Waals surface area (Å²) in [6.07, 6.45) is 3.49. The molecule has 5 heteroatoms. The van der Waals surface area contributed by atoms with Gasteiger partial charge in [0.25, 0.3) is 5.91 Å². The average Bonchev–Trinajstić information content (AvgIpc) is 2.40. The van der Waals surface area contributed by atoms with Gasteiger partial charge in [0.05, 0.1) is 8.66 Å². The van der Waals surface area contributed by atoms with Crippen molar-refractivity contribution in [3.63, 3.8) is 0 Å². The lowest BCUT2D eigenvalue weighted by molar-refractivity contribution is 0.0921. The number of hydrogen-bond acceptors (Lipinski definition) is 2. The Hall–Kier alpha value is 0.130. The Kier molecular flexibility index (Phi) is 3.29. The van der Waals surface area contributed by atoms with Crippen LogP contribution in [0.5, 0.6) is 0 Å². The van der Waals surface area contributed by atoms with E-state index in [4.69, 9.17) is 0 Å². The predicted octanol–water partition coefficient (Wildman–Crippen LogP) is 3.56. The van der Waals surface area contributed by atoms with E-state index in [2.05, 4.69) is 37.2 Å². The van der Waals surface area contributed by atoms with Crippen LogP contribution in [-0.4, -0.2) is 11.9 Å². The first-order chi connectivity index (χ1) is 6.66. The number of carbonyl (C=O) groups is 1. The number of halogens is 2. The summed E-state index contributed by atoms with van der Waals surface area (Å²) in [5, 5.41) is 3.00. The molecule has 0 aromatic carbocycles. The van der Waals surface area contributed by atoms with Gasteiger partial charge in [-0.05, 0) is 57.2 Å². The number of carbonyl (C=O) groups excluding carboxylic acids is 1. The summed E-state index contributed by atoms with van der Waals surface area (Å²) in [7, 11) is 0. The Morgan fingerprint density at radius 2 is 2.21 bits per heavy atom. The standard InChI is InChI=1S/C9H9Br2NOS/c10-6-4-7(14-8(6)11)9(13)12-5-2-1-3-5/h4-5H,1-3H2,(H,12,13). The summed E-state index contributed by atoms with van der Waals surface area (Å²) in [6.45, 7) is 0. The molecule has 0 bridgehead atoms. The molecule has 1 fully saturated rings. The lowest BCUT2D eigenvalue weighted by Gasteiger charge is -2.25. The van der Waals surface area contributed by atoms with Gasteiger partial charge in [0, 0.05) is 10.5 Å². The van der Waals surface area contributed by atoms with Gasteiger partial charge in [-0.1, -0.05) is 0 Å². The first-order valence-electron chi connectivity index (χ1n) is 4.42. The van der Waals surface area contributed by atoms with Crippen LogP contribution in [0.25, 0.3) is 0 Å². The molecule has 1 aliphatic carbocycles. The van der Waals surface area contributed by atoms with Gasteiger partial charge in [-0.2, -0.15) is 0 Å². The molecule has 1 aromatic heterocycles. The maximum atomic E-state index is 11.7. The van der Waals surface area contributed by atoms with E-state index >= 15 is 0 Å². The zero-order valence-corrected chi connectivity index (χ0v) is 11.3. The van der Waals surface area contributed by atoms with Crippen LogP contribution < -0.4 is 5.32 Å². The van der Waals surface area contributed by atoms with Crippen molar-refractivity contribution in [2.24, 2.45) is 0 Å². The number of nitrogens with one attached hydrogen (secondary N) is 1. The van der Waals surface area contributed by atoms with Crippen molar-refractivity contribution in [2.75, 3.05) is 0 Å². The second-order valence-corrected chi connectivity index (χ2v) is 6.56. The van der Waals surface area contributed by atoms with Crippen molar-refractivity contribution in [1.29, 1.82) is 0 Å². The average molecular weight is 339 g/mol. The van der Waals surface area contributed by atoms with E-state index in [0.717, 1.165) is 26.0 Å². The fourth-order valence-corrected chi connectivity index (χ4v) is 3.21. The second kappa shape index (κ2) is 4.33. The minimum absolute atomic E-state index is 0.0473. The van der Waals surface area contributed by atoms with Crippen LogP contribution in [0.3, 0.4) is 0 Å². The Bertz CT molecular complexity index is 340. The van der Waals surface area contributed by atoms with E-state index in [1.165, 1.54) is 17.8 Å². The Labute approximate surface area is 103 Å². The molecule has 0 atom stereocenters. The van der Waals surface area contributed by atoms with E-state index < -0.39 is 0 Å². The zero-order valence-electron chi connectivity index (χ0n) is 7.35. The van der Waals surface area contributed by atoms with Gasteiger partial charge >= 0.3 is 0 Å². The molecular weight excluding hydrogens is 330 g/mol. The number of amides is 1. The molecule has 76 valence electrons. The molecule has 0 radical (unpaired) electrons. The zero-order chi connectivity index (χ0) is 10.1. The SMILES string of the molecule is O=C(NC1CCC1)c1cc(Br)c(Br)s1. The number of hydrogen-bond donors (Lipinski definition) is 1. The summed E-state index contributed by atoms with van der Waals surface area (Å²) >= 11 is 8.20. The van der Waals surface area contributed by atoms with Crippen LogP contribution in [0.1, 0.15) is 28.9 Å². The molecule has 1 amide bonds. The van der Waals surface area contributed by atoms with E-state index in [0.29, 0.717) is 6.04 Å². The molecule has 2 nitrogen and oxygen atoms in total. The van der Waals surface area contributed by atoms with Crippen LogP contribution >= 0.6 is 43.2 Å². The molecule has 1 N–H and O–H groups in total. The van der Waals surface area contributed by atoms with Crippen molar-refractivity contribution >= 4 is 49.1 Å². The van der Waals surface area contributed by atoms with Crippen molar-refractivity contribution in [3.05, 3.63) is 19.2 Å². The lowest BCUT2D eigenvalue weighted by atomic mass is 9.93. The molecule has 1 heterocycles. The summed E-state index contributed by atoms with van der Waals surface area (Å²) in [5.41, 5.74) is 0. The maximum Gasteiger partial charge on any atom is 0.261 e. The molecule has 0 unspecified atom stereocenters. The topological polar surface area (TPSA) is 29.1 Å². The van der Waals surface area contributed by atoms with E-state index in [-0.39, 0.29) is 5.91 Å². The minimum atomic E-state index is 0.0473. The molecule has 0 saturated heterocycles. The molecular formula is C9H9Br2NOS. The van der Waals surface area contributed by atoms with Crippen LogP contribution in [0.4, 0.5) is 0 Å². The summed E-state index contributed by atoms with van der Waals surface area (Å²) < 4.78 is 1.91. The monoisotopic (exact) mass is 337 g/mol. The van der Waals surface area contributed by atoms with Gasteiger partial charge < -0.3 is 5.32 Å². The summed E-state index contributed by atoms with van der Waals surface area (Å²) in [6, 6.07) is 2.25. The van der Waals surface area contributed by atoms with Gasteiger partial charge in [-0.3, -0.25) is 4.79 Å². The Morgan fingerprint density at radius 1 is 1.50 bits per heavy atom. The van der Waals surface area contributed by atoms with Crippen molar-refractivity contribution < 1.29 is 4.79 Å². The number of thiophene rings is 1. The van der Waals surface area contributed by atoms with Crippen molar-refractivity contribution in [3.8, 4) is 0 Å². The largest absolute Gasteiger partial charge is 0.349 e. The molecule has 2 rings (SSSR count). The van der Waals surface area contributed by atoms with Crippen LogP contribution in [0, 0.1) is 0 Å². The highest BCUT2D eigenvalue weighted by atomic mass is 79.9. The van der Waals surface area contributed by atoms with Gasteiger partial charge in [0.1, 0.15) is 0 Å². The maximum absolute atomic E-state index is 11.7. The molecule has 0 spiro atoms. The number of rotatable bonds is 2. The van der Waals surface area contributed by atoms with E-state index in [1.54, 1.807) is 0 Å². The highest BCUT2D eigenvalue weighted by Gasteiger charge is 2.21. The second-order valence-electron chi connectivity index (χ2n) is 3.33. The summed E-state index contributed by atoms with van der Waals surface area (Å²) in [4.78, 5) is 12.4. The smallest absolute Gasteiger partial charge is 0.261 e. The Balaban J connectivity index is 2.02. The van der Waals surface area contributed by atoms with Gasteiger partial charge in [0.2, 0.25) is 0 Å². The normalized spacial score (nSPS) is 16.4. The minimum Gasteiger partial charge on any atom is -0.349 e. The fourth-order valence-electron chi connectivity index (χ4n) is 1.27. The highest BCUT2D eigenvalue weighted by Crippen LogP contribution is 2.32. The van der Waals surface area contributed by atoms with Crippen LogP contribution in [0.15, 0.2) is 14.3 Å². The first-order valence-corrected chi connectivity index (χ1v) is 6.83. The molecule has 1 aliphatic rings. The van der Waals surface area contributed by atoms with Gasteiger partial charge in [-0.25, -0.2) is 0 Å². The third-order valence-corrected chi connectivity index (χ3v) is 5.56. The van der Waals surface area contributed by atoms with Gasteiger partial charge in [-0.15, -0.1) is 11.3 Å². The van der Waals surface area contributed by atoms with Gasteiger partial charge in [0.15, 0.2) is 0 Å². The van der Waals surface area contributed by atoms with E-state index in [9.17, 15) is 4.79 Å². The predicted molar refractivity (Wildman–Crippen MR) is 64.8 cm³/mol. The third kappa shape index (κ3) is 2.20. The first kappa shape index (κ1) is 10.6. The van der Waals surface area contributed by atoms with Crippen LogP contribution in [0.2, 0.25) is 0 Å². The Morgan fingerprint density at radius 3 is 2.64 bits per heavy atom. The summed E-state index contributed by atoms with van der Waals surface area (Å²) in [5.74, 6) is 0.0473. The highest BCUT2D eigenvalue weighted by molar-refractivity contribution is 9.13. The molecule has 0 aliphatic heterocycles. The molecule has 14 heavy (non-hydrogen) atoms. The van der Waals surface area contributed by atoms with E-state index in [1.807, 2.05) is 6.07 Å². The third-order valence-electron chi connectivity index (χ3n) is 2.31. The van der Waals surface area contributed by atoms with Crippen LogP contribution in [-0.2, 0) is 0 Å². The lowest BCUT2D eigenvalue weighted by Crippen LogP contribution is -2.39. The van der Waals surface area contributed by atoms with Crippen molar-refractivity contribution in [1.82, 2.24) is 5.32 Å². The van der Waals surface area contributed by atoms with Crippen molar-refractivity contribution in [2.45, 2.75) is 25.3 Å². The quantitative estimate of drug-likeness (QED) is 0.877.